The van der Waals surface area contributed by atoms with Crippen molar-refractivity contribution in [1.29, 1.82) is 0 Å². The van der Waals surface area contributed by atoms with E-state index in [1.54, 1.807) is 0 Å². The molecular weight excluding hydrogens is 679 g/mol. The number of hydrogen-bond acceptors (Lipinski definition) is 7. The number of carbonyl (C=O) groups is 2. The summed E-state index contributed by atoms with van der Waals surface area (Å²) in [6, 6.07) is 0. The van der Waals surface area contributed by atoms with Crippen LogP contribution in [0.3, 0.4) is 0 Å². The molecule has 0 amide bonds. The van der Waals surface area contributed by atoms with Gasteiger partial charge in [0, 0.05) is 12.8 Å². The SMILES string of the molecule is CCCCCCCCCCCCCCCCCCC(=O)OC[C@H](COP(=O)(O)O)OC(=O)CCC/C=C\C/C=C\C/C=C\C/C=C\CCC[C@H](C)O. The molecule has 0 aromatic heterocycles. The Labute approximate surface area is 317 Å². The third-order valence-electron chi connectivity index (χ3n) is 8.62. The van der Waals surface area contributed by atoms with Crippen LogP contribution in [0.2, 0.25) is 0 Å². The molecule has 10 heteroatoms. The summed E-state index contributed by atoms with van der Waals surface area (Å²) < 4.78 is 26.3. The third-order valence-corrected chi connectivity index (χ3v) is 9.10. The second-order valence-corrected chi connectivity index (χ2v) is 15.1. The topological polar surface area (TPSA) is 140 Å². The molecule has 0 unspecified atom stereocenters. The summed E-state index contributed by atoms with van der Waals surface area (Å²) in [5.74, 6) is -0.964. The van der Waals surface area contributed by atoms with Crippen LogP contribution in [0, 0.1) is 0 Å². The molecule has 3 N–H and O–H groups in total. The molecule has 0 heterocycles. The summed E-state index contributed by atoms with van der Waals surface area (Å²) in [7, 11) is -4.77. The average Bonchev–Trinajstić information content (AvgIpc) is 3.10. The maximum absolute atomic E-state index is 12.4. The van der Waals surface area contributed by atoms with Gasteiger partial charge in [-0.1, -0.05) is 152 Å². The van der Waals surface area contributed by atoms with Crippen LogP contribution in [0.15, 0.2) is 48.6 Å². The minimum Gasteiger partial charge on any atom is -0.462 e. The zero-order chi connectivity index (χ0) is 38.4. The molecule has 0 bridgehead atoms. The molecule has 0 rings (SSSR count). The van der Waals surface area contributed by atoms with Gasteiger partial charge in [-0.3, -0.25) is 14.1 Å². The van der Waals surface area contributed by atoms with Crippen molar-refractivity contribution in [2.45, 2.75) is 193 Å². The van der Waals surface area contributed by atoms with Crippen molar-refractivity contribution >= 4 is 19.8 Å². The number of esters is 2. The molecule has 302 valence electrons. The highest BCUT2D eigenvalue weighted by Gasteiger charge is 2.22. The molecule has 0 aliphatic carbocycles. The lowest BCUT2D eigenvalue weighted by molar-refractivity contribution is -0.161. The van der Waals surface area contributed by atoms with Crippen LogP contribution < -0.4 is 0 Å². The lowest BCUT2D eigenvalue weighted by Gasteiger charge is -2.18. The van der Waals surface area contributed by atoms with Crippen LogP contribution in [-0.4, -0.2) is 52.3 Å². The predicted octanol–water partition coefficient (Wildman–Crippen LogP) is 11.3. The van der Waals surface area contributed by atoms with Crippen molar-refractivity contribution in [3.05, 3.63) is 48.6 Å². The second-order valence-electron chi connectivity index (χ2n) is 13.9. The van der Waals surface area contributed by atoms with E-state index in [4.69, 9.17) is 19.3 Å². The maximum atomic E-state index is 12.4. The first-order valence-corrected chi connectivity index (χ1v) is 22.0. The molecule has 52 heavy (non-hydrogen) atoms. The highest BCUT2D eigenvalue weighted by Crippen LogP contribution is 2.36. The lowest BCUT2D eigenvalue weighted by atomic mass is 10.0. The Hall–Kier alpha value is -2.03. The van der Waals surface area contributed by atoms with Gasteiger partial charge in [-0.2, -0.15) is 0 Å². The minimum absolute atomic E-state index is 0.125. The van der Waals surface area contributed by atoms with E-state index in [-0.39, 0.29) is 25.6 Å². The van der Waals surface area contributed by atoms with E-state index in [1.807, 2.05) is 19.1 Å². The number of unbranched alkanes of at least 4 members (excludes halogenated alkanes) is 17. The second kappa shape index (κ2) is 37.3. The highest BCUT2D eigenvalue weighted by atomic mass is 31.2. The van der Waals surface area contributed by atoms with Crippen molar-refractivity contribution in [3.8, 4) is 0 Å². The molecule has 0 saturated carbocycles. The van der Waals surface area contributed by atoms with E-state index < -0.39 is 32.5 Å². The summed E-state index contributed by atoms with van der Waals surface area (Å²) in [5.41, 5.74) is 0. The van der Waals surface area contributed by atoms with Gasteiger partial charge < -0.3 is 24.4 Å². The predicted molar refractivity (Wildman–Crippen MR) is 213 cm³/mol. The van der Waals surface area contributed by atoms with Crippen LogP contribution in [0.25, 0.3) is 0 Å². The van der Waals surface area contributed by atoms with Gasteiger partial charge in [-0.25, -0.2) is 4.57 Å². The molecule has 0 aromatic carbocycles. The van der Waals surface area contributed by atoms with E-state index in [0.29, 0.717) is 19.3 Å². The van der Waals surface area contributed by atoms with Gasteiger partial charge in [0.15, 0.2) is 6.10 Å². The van der Waals surface area contributed by atoms with Crippen LogP contribution in [0.1, 0.15) is 181 Å². The first-order chi connectivity index (χ1) is 25.1. The molecule has 0 aliphatic rings. The van der Waals surface area contributed by atoms with Gasteiger partial charge in [-0.05, 0) is 64.7 Å². The normalized spacial score (nSPS) is 13.6. The Bertz CT molecular complexity index is 999. The van der Waals surface area contributed by atoms with Gasteiger partial charge in [0.2, 0.25) is 0 Å². The van der Waals surface area contributed by atoms with Gasteiger partial charge in [0.1, 0.15) is 6.61 Å². The van der Waals surface area contributed by atoms with Crippen LogP contribution >= 0.6 is 7.82 Å². The largest absolute Gasteiger partial charge is 0.469 e. The standard InChI is InChI=1S/C42H75O9P/c1-3-4-5-6-7-8-9-10-11-14-17-20-23-26-29-32-35-41(44)49-37-40(38-50-52(46,47)48)51-42(45)36-33-30-27-24-21-18-15-12-13-16-19-22-25-28-31-34-39(2)43/h13,15-16,18,22,24-25,27,39-40,43H,3-12,14,17,19-21,23,26,28-38H2,1-2H3,(H2,46,47,48)/b16-13-,18-15-,25-22-,27-24-/t39-,40+/m0/s1. The fourth-order valence-corrected chi connectivity index (χ4v) is 5.92. The molecule has 0 spiro atoms. The van der Waals surface area contributed by atoms with Crippen molar-refractivity contribution in [2.75, 3.05) is 13.2 Å². The Morgan fingerprint density at radius 2 is 1.00 bits per heavy atom. The summed E-state index contributed by atoms with van der Waals surface area (Å²) in [4.78, 5) is 42.8. The van der Waals surface area contributed by atoms with Gasteiger partial charge in [0.05, 0.1) is 12.7 Å². The van der Waals surface area contributed by atoms with Crippen LogP contribution in [-0.2, 0) is 28.2 Å². The van der Waals surface area contributed by atoms with Crippen LogP contribution in [0.4, 0.5) is 0 Å². The fourth-order valence-electron chi connectivity index (χ4n) is 5.56. The number of phosphoric ester groups is 1. The van der Waals surface area contributed by atoms with Crippen LogP contribution in [0.5, 0.6) is 0 Å². The van der Waals surface area contributed by atoms with Crippen molar-refractivity contribution in [1.82, 2.24) is 0 Å². The third kappa shape index (κ3) is 40.7. The molecule has 0 fully saturated rings. The van der Waals surface area contributed by atoms with Crippen molar-refractivity contribution in [3.63, 3.8) is 0 Å². The van der Waals surface area contributed by atoms with E-state index in [9.17, 15) is 19.3 Å². The summed E-state index contributed by atoms with van der Waals surface area (Å²) in [5, 5.41) is 9.25. The monoisotopic (exact) mass is 755 g/mol. The number of ether oxygens (including phenoxy) is 2. The smallest absolute Gasteiger partial charge is 0.462 e. The molecular formula is C42H75O9P. The Balaban J connectivity index is 4.02. The fraction of sp³-hybridized carbons (Fsp3) is 0.762. The molecule has 0 aliphatic heterocycles. The van der Waals surface area contributed by atoms with Crippen molar-refractivity contribution in [2.24, 2.45) is 0 Å². The number of hydrogen-bond donors (Lipinski definition) is 3. The quantitative estimate of drug-likeness (QED) is 0.0245. The van der Waals surface area contributed by atoms with Gasteiger partial charge >= 0.3 is 19.8 Å². The zero-order valence-electron chi connectivity index (χ0n) is 32.8. The summed E-state index contributed by atoms with van der Waals surface area (Å²) >= 11 is 0. The molecule has 2 atom stereocenters. The van der Waals surface area contributed by atoms with Crippen molar-refractivity contribution < 1.29 is 43.0 Å². The first kappa shape index (κ1) is 50.0. The number of carbonyl (C=O) groups excluding carboxylic acids is 2. The van der Waals surface area contributed by atoms with Gasteiger partial charge in [0.25, 0.3) is 0 Å². The van der Waals surface area contributed by atoms with Gasteiger partial charge in [-0.15, -0.1) is 0 Å². The molecule has 9 nitrogen and oxygen atoms in total. The maximum Gasteiger partial charge on any atom is 0.469 e. The Kier molecular flexibility index (Phi) is 35.8. The Morgan fingerprint density at radius 1 is 0.577 bits per heavy atom. The highest BCUT2D eigenvalue weighted by molar-refractivity contribution is 7.46. The number of allylic oxidation sites excluding steroid dienone is 8. The Morgan fingerprint density at radius 3 is 1.46 bits per heavy atom. The number of aliphatic hydroxyl groups is 1. The van der Waals surface area contributed by atoms with E-state index in [1.165, 1.54) is 83.5 Å². The van der Waals surface area contributed by atoms with E-state index >= 15 is 0 Å². The number of phosphoric acid groups is 1. The lowest BCUT2D eigenvalue weighted by Crippen LogP contribution is -2.29. The molecule has 0 aromatic rings. The summed E-state index contributed by atoms with van der Waals surface area (Å²) in [6.07, 6.45) is 42.5. The van der Waals surface area contributed by atoms with E-state index in [2.05, 4.69) is 47.9 Å². The molecule has 0 radical (unpaired) electrons. The average molecular weight is 755 g/mol. The number of rotatable bonds is 37. The number of aliphatic hydroxyl groups excluding tert-OH is 1. The first-order valence-electron chi connectivity index (χ1n) is 20.5. The minimum atomic E-state index is -4.77. The van der Waals surface area contributed by atoms with E-state index in [0.717, 1.165) is 51.4 Å². The molecule has 0 saturated heterocycles. The summed E-state index contributed by atoms with van der Waals surface area (Å²) in [6.45, 7) is 3.19. The zero-order valence-corrected chi connectivity index (χ0v) is 33.7.